The van der Waals surface area contributed by atoms with Gasteiger partial charge in [-0.25, -0.2) is 4.79 Å². The van der Waals surface area contributed by atoms with Gasteiger partial charge in [-0.1, -0.05) is 75.7 Å². The lowest BCUT2D eigenvalue weighted by Crippen LogP contribution is -2.58. The van der Waals surface area contributed by atoms with E-state index in [0.717, 1.165) is 15.6 Å². The normalized spacial score (nSPS) is 13.4. The van der Waals surface area contributed by atoms with E-state index >= 15 is 0 Å². The first-order valence-corrected chi connectivity index (χ1v) is 16.1. The Bertz CT molecular complexity index is 1440. The molecule has 44 heavy (non-hydrogen) atoms. The van der Waals surface area contributed by atoms with Gasteiger partial charge in [0.2, 0.25) is 17.7 Å². The van der Waals surface area contributed by atoms with Gasteiger partial charge < -0.3 is 26.0 Å². The number of nitrogens with one attached hydrogen (secondary N) is 2. The summed E-state index contributed by atoms with van der Waals surface area (Å²) in [4.78, 5) is 55.5. The first kappa shape index (κ1) is 35.0. The number of amides is 3. The minimum atomic E-state index is -1.03. The molecule has 2 aromatic carbocycles. The molecule has 0 aliphatic rings. The van der Waals surface area contributed by atoms with Gasteiger partial charge in [0.05, 0.1) is 13.5 Å². The quantitative estimate of drug-likeness (QED) is 0.212. The zero-order valence-electron chi connectivity index (χ0n) is 26.0. The molecule has 1 heterocycles. The number of esters is 1. The van der Waals surface area contributed by atoms with Gasteiger partial charge in [-0.05, 0) is 52.3 Å². The summed E-state index contributed by atoms with van der Waals surface area (Å²) >= 11 is 7.88. The van der Waals surface area contributed by atoms with E-state index in [1.165, 1.54) is 12.0 Å². The van der Waals surface area contributed by atoms with Crippen LogP contribution >= 0.6 is 22.9 Å². The van der Waals surface area contributed by atoms with Gasteiger partial charge in [0.25, 0.3) is 0 Å². The van der Waals surface area contributed by atoms with Gasteiger partial charge in [0.1, 0.15) is 18.1 Å². The van der Waals surface area contributed by atoms with Crippen LogP contribution in [0.5, 0.6) is 0 Å². The molecule has 0 spiro atoms. The highest BCUT2D eigenvalue weighted by Gasteiger charge is 2.35. The maximum atomic E-state index is 14.1. The van der Waals surface area contributed by atoms with Gasteiger partial charge in [-0.3, -0.25) is 14.4 Å². The molecule has 3 rings (SSSR count). The summed E-state index contributed by atoms with van der Waals surface area (Å²) in [5, 5.41) is 9.14. The van der Waals surface area contributed by atoms with Crippen LogP contribution in [0.1, 0.15) is 45.2 Å². The van der Waals surface area contributed by atoms with E-state index in [2.05, 4.69) is 10.6 Å². The largest absolute Gasteiger partial charge is 0.467 e. The molecule has 0 fully saturated rings. The van der Waals surface area contributed by atoms with Crippen LogP contribution in [0.15, 0.2) is 53.9 Å². The Morgan fingerprint density at radius 2 is 1.64 bits per heavy atom. The molecule has 0 unspecified atom stereocenters. The van der Waals surface area contributed by atoms with Gasteiger partial charge in [-0.2, -0.15) is 0 Å². The number of methoxy groups -OCH3 is 1. The molecule has 0 saturated carbocycles. The lowest BCUT2D eigenvalue weighted by Gasteiger charge is -2.33. The predicted octanol–water partition coefficient (Wildman–Crippen LogP) is 4.34. The average Bonchev–Trinajstić information content (AvgIpc) is 3.40. The molecule has 0 aliphatic carbocycles. The van der Waals surface area contributed by atoms with E-state index in [1.807, 2.05) is 43.5 Å². The molecule has 0 bridgehead atoms. The van der Waals surface area contributed by atoms with Crippen molar-refractivity contribution in [1.82, 2.24) is 15.5 Å². The molecule has 3 amide bonds. The zero-order valence-corrected chi connectivity index (χ0v) is 27.5. The molecule has 1 aromatic heterocycles. The van der Waals surface area contributed by atoms with E-state index in [4.69, 9.17) is 22.1 Å². The maximum absolute atomic E-state index is 14.1. The number of thiophene rings is 1. The number of carbonyl (C=O) groups excluding carboxylic acids is 4. The number of hydrogen-bond acceptors (Lipinski definition) is 7. The van der Waals surface area contributed by atoms with Crippen molar-refractivity contribution in [3.63, 3.8) is 0 Å². The zero-order chi connectivity index (χ0) is 32.4. The number of benzene rings is 2. The van der Waals surface area contributed by atoms with Gasteiger partial charge in [0.15, 0.2) is 0 Å². The lowest BCUT2D eigenvalue weighted by atomic mass is 9.98. The third-order valence-electron chi connectivity index (χ3n) is 7.40. The number of fused-ring (bicyclic) bond motifs is 1. The smallest absolute Gasteiger partial charge is 0.328 e. The molecule has 9 nitrogen and oxygen atoms in total. The third-order valence-corrected chi connectivity index (χ3v) is 8.78. The van der Waals surface area contributed by atoms with Crippen molar-refractivity contribution in [2.75, 3.05) is 20.2 Å². The monoisotopic (exact) mass is 642 g/mol. The molecule has 0 aliphatic heterocycles. The second-order valence-corrected chi connectivity index (χ2v) is 12.9. The van der Waals surface area contributed by atoms with Crippen molar-refractivity contribution in [2.24, 2.45) is 17.6 Å². The molecule has 0 radical (unpaired) electrons. The van der Waals surface area contributed by atoms with Crippen LogP contribution in [-0.4, -0.2) is 66.9 Å². The Morgan fingerprint density at radius 3 is 2.27 bits per heavy atom. The van der Waals surface area contributed by atoms with Crippen LogP contribution in [0.2, 0.25) is 5.02 Å². The van der Waals surface area contributed by atoms with E-state index in [-0.39, 0.29) is 43.7 Å². The van der Waals surface area contributed by atoms with Gasteiger partial charge >= 0.3 is 5.97 Å². The highest BCUT2D eigenvalue weighted by atomic mass is 35.5. The van der Waals surface area contributed by atoms with Crippen molar-refractivity contribution < 1.29 is 23.9 Å². The highest BCUT2D eigenvalue weighted by Crippen LogP contribution is 2.27. The van der Waals surface area contributed by atoms with E-state index < -0.39 is 35.9 Å². The molecule has 238 valence electrons. The van der Waals surface area contributed by atoms with Crippen molar-refractivity contribution in [2.45, 2.75) is 65.1 Å². The molecule has 4 N–H and O–H groups in total. The fourth-order valence-electron chi connectivity index (χ4n) is 5.09. The summed E-state index contributed by atoms with van der Waals surface area (Å²) in [7, 11) is 1.27. The number of ether oxygens (including phenoxy) is 1. The molecule has 11 heteroatoms. The molecule has 3 atom stereocenters. The summed E-state index contributed by atoms with van der Waals surface area (Å²) < 4.78 is 5.97. The third kappa shape index (κ3) is 9.27. The lowest BCUT2D eigenvalue weighted by molar-refractivity contribution is -0.147. The summed E-state index contributed by atoms with van der Waals surface area (Å²) in [5.41, 5.74) is 7.45. The van der Waals surface area contributed by atoms with Crippen LogP contribution in [-0.2, 0) is 36.8 Å². The fraction of sp³-hybridized carbons (Fsp3) is 0.455. The first-order valence-electron chi connectivity index (χ1n) is 14.8. The Morgan fingerprint density at radius 1 is 0.955 bits per heavy atom. The minimum Gasteiger partial charge on any atom is -0.467 e. The van der Waals surface area contributed by atoms with Crippen molar-refractivity contribution in [3.05, 3.63) is 70.1 Å². The van der Waals surface area contributed by atoms with Crippen molar-refractivity contribution in [1.29, 1.82) is 0 Å². The highest BCUT2D eigenvalue weighted by molar-refractivity contribution is 7.17. The van der Waals surface area contributed by atoms with Gasteiger partial charge in [0, 0.05) is 29.2 Å². The van der Waals surface area contributed by atoms with Crippen LogP contribution < -0.4 is 16.4 Å². The van der Waals surface area contributed by atoms with Crippen LogP contribution in [0.25, 0.3) is 10.1 Å². The van der Waals surface area contributed by atoms with E-state index in [9.17, 15) is 19.2 Å². The summed E-state index contributed by atoms with van der Waals surface area (Å²) in [6.07, 6.45) is 0.542. The fourth-order valence-corrected chi connectivity index (χ4v) is 6.27. The Hall–Kier alpha value is -3.47. The first-order chi connectivity index (χ1) is 21.0. The minimum absolute atomic E-state index is 0.00154. The Labute approximate surface area is 268 Å². The number of halogens is 1. The Balaban J connectivity index is 1.95. The second-order valence-electron chi connectivity index (χ2n) is 11.6. The van der Waals surface area contributed by atoms with E-state index in [0.29, 0.717) is 17.0 Å². The molecular formula is C33H43ClN4O5S. The predicted molar refractivity (Wildman–Crippen MR) is 175 cm³/mol. The SMILES string of the molecule is COC(=O)[C@H](NC(=O)[C@@H](Cc1csc2ccccc12)NC(=O)[C@H](CC(C)C)N(CCN)C(=O)Cc1ccccc1Cl)C(C)C. The topological polar surface area (TPSA) is 131 Å². The summed E-state index contributed by atoms with van der Waals surface area (Å²) in [6.45, 7) is 7.83. The van der Waals surface area contributed by atoms with Crippen molar-refractivity contribution in [3.8, 4) is 0 Å². The number of hydrogen-bond donors (Lipinski definition) is 3. The molecule has 0 saturated heterocycles. The standard InChI is InChI=1S/C33H43ClN4O5S/c1-20(2)16-27(38(15-14-35)29(39)18-22-10-6-8-12-25(22)34)32(41)36-26(31(40)37-30(21(3)4)33(42)43-5)17-23-19-44-28-13-9-7-11-24(23)28/h6-13,19-21,26-27,30H,14-18,35H2,1-5H3,(H,36,41)(H,37,40)/t26-,27+,30-/m1/s1. The molecular weight excluding hydrogens is 600 g/mol. The van der Waals surface area contributed by atoms with Crippen LogP contribution in [0, 0.1) is 11.8 Å². The number of rotatable bonds is 15. The summed E-state index contributed by atoms with van der Waals surface area (Å²) in [5.74, 6) is -2.05. The van der Waals surface area contributed by atoms with E-state index in [1.54, 1.807) is 49.4 Å². The van der Waals surface area contributed by atoms with Gasteiger partial charge in [-0.15, -0.1) is 11.3 Å². The van der Waals surface area contributed by atoms with Crippen LogP contribution in [0.3, 0.4) is 0 Å². The Kier molecular flexibility index (Phi) is 13.2. The van der Waals surface area contributed by atoms with Crippen LogP contribution in [0.4, 0.5) is 0 Å². The van der Waals surface area contributed by atoms with Crippen molar-refractivity contribution >= 4 is 56.7 Å². The maximum Gasteiger partial charge on any atom is 0.328 e. The number of nitrogens with two attached hydrogens (primary N) is 1. The average molecular weight is 643 g/mol. The molecule has 3 aromatic rings. The second kappa shape index (κ2) is 16.6. The summed E-state index contributed by atoms with van der Waals surface area (Å²) in [6, 6.07) is 12.1. The number of carbonyl (C=O) groups is 4. The number of nitrogens with zero attached hydrogens (tertiary/aromatic N) is 1.